The molecule has 0 bridgehead atoms. The summed E-state index contributed by atoms with van der Waals surface area (Å²) in [4.78, 5) is 15.0. The summed E-state index contributed by atoms with van der Waals surface area (Å²) in [6.07, 6.45) is -0.544. The quantitative estimate of drug-likeness (QED) is 0.194. The molecule has 1 amide bonds. The van der Waals surface area contributed by atoms with Crippen LogP contribution in [0.15, 0.2) is 71.6 Å². The van der Waals surface area contributed by atoms with Gasteiger partial charge in [0.25, 0.3) is 10.0 Å². The molecule has 3 aromatic rings. The van der Waals surface area contributed by atoms with Gasteiger partial charge < -0.3 is 13.9 Å². The van der Waals surface area contributed by atoms with E-state index < -0.39 is 47.7 Å². The van der Waals surface area contributed by atoms with E-state index in [2.05, 4.69) is 38.6 Å². The van der Waals surface area contributed by atoms with Crippen molar-refractivity contribution in [2.45, 2.75) is 76.2 Å². The van der Waals surface area contributed by atoms with E-state index in [4.69, 9.17) is 13.9 Å². The number of hydrogen-bond acceptors (Lipinski definition) is 6. The lowest BCUT2D eigenvalue weighted by Gasteiger charge is -2.40. The lowest BCUT2D eigenvalue weighted by atomic mass is 10.1. The third-order valence-electron chi connectivity index (χ3n) is 7.88. The number of ether oxygens (including phenoxy) is 2. The van der Waals surface area contributed by atoms with Crippen LogP contribution in [0.25, 0.3) is 11.1 Å². The van der Waals surface area contributed by atoms with Gasteiger partial charge in [0.2, 0.25) is 0 Å². The van der Waals surface area contributed by atoms with Crippen LogP contribution >= 0.6 is 0 Å². The first-order valence-electron chi connectivity index (χ1n) is 15.0. The number of rotatable bonds is 12. The summed E-state index contributed by atoms with van der Waals surface area (Å²) >= 11 is 0. The van der Waals surface area contributed by atoms with Crippen LogP contribution in [0.4, 0.5) is 19.3 Å². The predicted octanol–water partition coefficient (Wildman–Crippen LogP) is 8.38. The van der Waals surface area contributed by atoms with Gasteiger partial charge in [-0.3, -0.25) is 9.62 Å². The second kappa shape index (κ2) is 14.6. The Morgan fingerprint density at radius 3 is 2.17 bits per heavy atom. The normalized spacial score (nSPS) is 13.3. The molecule has 0 saturated carbocycles. The number of carbonyl (C=O) groups excluding carboxylic acids is 1. The molecule has 1 atom stereocenters. The van der Waals surface area contributed by atoms with Crippen molar-refractivity contribution in [2.75, 3.05) is 31.6 Å². The minimum atomic E-state index is -4.05. The topological polar surface area (TPSA) is 94.2 Å². The van der Waals surface area contributed by atoms with Gasteiger partial charge in [-0.25, -0.2) is 22.0 Å². The number of nitrogens with one attached hydrogen (secondary N) is 1. The van der Waals surface area contributed by atoms with E-state index in [0.29, 0.717) is 11.1 Å². The molecule has 0 heterocycles. The molecule has 0 saturated heterocycles. The molecule has 46 heavy (non-hydrogen) atoms. The molecule has 0 aliphatic carbocycles. The number of hydrogen-bond donors (Lipinski definition) is 1. The van der Waals surface area contributed by atoms with Crippen LogP contribution in [-0.2, 0) is 23.9 Å². The summed E-state index contributed by atoms with van der Waals surface area (Å²) < 4.78 is 74.7. The summed E-state index contributed by atoms with van der Waals surface area (Å²) in [7, 11) is -4.76. The minimum absolute atomic E-state index is 0.0440. The fraction of sp³-hybridized carbons (Fsp3) is 0.441. The van der Waals surface area contributed by atoms with Crippen LogP contribution in [0.2, 0.25) is 18.1 Å². The third kappa shape index (κ3) is 9.84. The largest absolute Gasteiger partial charge is 0.444 e. The smallest absolute Gasteiger partial charge is 0.410 e. The predicted molar refractivity (Wildman–Crippen MR) is 180 cm³/mol. The second-order valence-electron chi connectivity index (χ2n) is 13.6. The number of halogens is 2. The van der Waals surface area contributed by atoms with E-state index in [9.17, 15) is 22.0 Å². The lowest BCUT2D eigenvalue weighted by molar-refractivity contribution is 0.00360. The Kier molecular flexibility index (Phi) is 11.8. The molecule has 1 unspecified atom stereocenters. The highest BCUT2D eigenvalue weighted by atomic mass is 32.2. The molecule has 252 valence electrons. The third-order valence-corrected chi connectivity index (χ3v) is 13.8. The molecule has 8 nitrogen and oxygen atoms in total. The van der Waals surface area contributed by atoms with E-state index in [1.165, 1.54) is 30.3 Å². The molecule has 12 heteroatoms. The number of methoxy groups -OCH3 is 1. The van der Waals surface area contributed by atoms with Crippen LogP contribution in [0.5, 0.6) is 0 Å². The Hall–Kier alpha value is -3.32. The van der Waals surface area contributed by atoms with Gasteiger partial charge >= 0.3 is 6.09 Å². The van der Waals surface area contributed by atoms with Crippen molar-refractivity contribution >= 4 is 30.1 Å². The van der Waals surface area contributed by atoms with Crippen molar-refractivity contribution in [3.05, 3.63) is 83.9 Å². The first-order valence-corrected chi connectivity index (χ1v) is 19.4. The molecular weight excluding hydrogens is 631 g/mol. The van der Waals surface area contributed by atoms with Crippen molar-refractivity contribution in [1.82, 2.24) is 4.90 Å². The number of amides is 1. The van der Waals surface area contributed by atoms with Gasteiger partial charge in [0, 0.05) is 31.0 Å². The maximum absolute atomic E-state index is 14.3. The maximum Gasteiger partial charge on any atom is 0.410 e. The second-order valence-corrected chi connectivity index (χ2v) is 20.1. The van der Waals surface area contributed by atoms with Crippen LogP contribution in [0.1, 0.15) is 53.1 Å². The summed E-state index contributed by atoms with van der Waals surface area (Å²) in [6, 6.07) is 15.0. The molecule has 0 spiro atoms. The van der Waals surface area contributed by atoms with E-state index in [0.717, 1.165) is 12.1 Å². The Morgan fingerprint density at radius 1 is 0.957 bits per heavy atom. The molecule has 0 fully saturated rings. The highest BCUT2D eigenvalue weighted by molar-refractivity contribution is 7.92. The van der Waals surface area contributed by atoms with Gasteiger partial charge in [-0.2, -0.15) is 0 Å². The lowest BCUT2D eigenvalue weighted by Crippen LogP contribution is -2.46. The number of sulfonamides is 1. The summed E-state index contributed by atoms with van der Waals surface area (Å²) in [6.45, 7) is 16.6. The fourth-order valence-electron chi connectivity index (χ4n) is 4.32. The molecule has 0 radical (unpaired) electrons. The van der Waals surface area contributed by atoms with Gasteiger partial charge in [0.15, 0.2) is 8.32 Å². The van der Waals surface area contributed by atoms with Gasteiger partial charge in [0.1, 0.15) is 17.2 Å². The van der Waals surface area contributed by atoms with Crippen LogP contribution < -0.4 is 4.72 Å². The Bertz CT molecular complexity index is 1600. The average molecular weight is 677 g/mol. The van der Waals surface area contributed by atoms with Crippen molar-refractivity contribution in [3.63, 3.8) is 0 Å². The van der Waals surface area contributed by atoms with Crippen LogP contribution in [0.3, 0.4) is 0 Å². The standard InChI is InChI=1S/C34H46F2N2O6SSi/c1-33(2,3)44-32(39)38(19-20-42-7)31(23-43-46(8,9)34(4,5)6)25-11-10-12-27(21-25)37-45(40,41)28-16-13-24(14-17-28)29-18-15-26(35)22-30(29)36/h10-18,21-22,31,37H,19-20,23H2,1-9H3. The molecule has 0 aliphatic rings. The minimum Gasteiger partial charge on any atom is -0.444 e. The highest BCUT2D eigenvalue weighted by Crippen LogP contribution is 2.38. The number of anilines is 1. The zero-order valence-electron chi connectivity index (χ0n) is 28.1. The van der Waals surface area contributed by atoms with Crippen molar-refractivity contribution in [1.29, 1.82) is 0 Å². The first-order chi connectivity index (χ1) is 21.2. The molecule has 3 aromatic carbocycles. The van der Waals surface area contributed by atoms with Gasteiger partial charge in [-0.1, -0.05) is 45.0 Å². The highest BCUT2D eigenvalue weighted by Gasteiger charge is 2.39. The van der Waals surface area contributed by atoms with E-state index in [1.807, 2.05) is 6.07 Å². The average Bonchev–Trinajstić information content (AvgIpc) is 2.93. The SMILES string of the molecule is COCCN(C(=O)OC(C)(C)C)C(CO[Si](C)(C)C(C)(C)C)c1cccc(NS(=O)(=O)c2ccc(-c3ccc(F)cc3F)cc2)c1. The van der Waals surface area contributed by atoms with Crippen LogP contribution in [-0.4, -0.2) is 60.2 Å². The maximum atomic E-state index is 14.3. The fourth-order valence-corrected chi connectivity index (χ4v) is 6.37. The summed E-state index contributed by atoms with van der Waals surface area (Å²) in [5, 5.41) is -0.0870. The van der Waals surface area contributed by atoms with Gasteiger partial charge in [0.05, 0.1) is 24.2 Å². The summed E-state index contributed by atoms with van der Waals surface area (Å²) in [5.74, 6) is -1.45. The monoisotopic (exact) mass is 676 g/mol. The van der Waals surface area contributed by atoms with E-state index in [1.54, 1.807) is 51.0 Å². The van der Waals surface area contributed by atoms with Crippen molar-refractivity contribution in [2.24, 2.45) is 0 Å². The number of benzene rings is 3. The molecule has 3 rings (SSSR count). The van der Waals surface area contributed by atoms with Gasteiger partial charge in [-0.05, 0) is 86.4 Å². The summed E-state index contributed by atoms with van der Waals surface area (Å²) in [5.41, 5.74) is 0.728. The Morgan fingerprint density at radius 2 is 1.61 bits per heavy atom. The van der Waals surface area contributed by atoms with Crippen molar-refractivity contribution in [3.8, 4) is 11.1 Å². The van der Waals surface area contributed by atoms with Gasteiger partial charge in [-0.15, -0.1) is 0 Å². The Labute approximate surface area is 273 Å². The Balaban J connectivity index is 1.96. The van der Waals surface area contributed by atoms with E-state index in [-0.39, 0.29) is 40.9 Å². The van der Waals surface area contributed by atoms with E-state index >= 15 is 0 Å². The molecule has 1 N–H and O–H groups in total. The number of carbonyl (C=O) groups is 1. The zero-order chi connectivity index (χ0) is 34.5. The zero-order valence-corrected chi connectivity index (χ0v) is 29.9. The van der Waals surface area contributed by atoms with Crippen molar-refractivity contribution < 1.29 is 35.9 Å². The number of nitrogens with zero attached hydrogens (tertiary/aromatic N) is 1. The molecular formula is C34H46F2N2O6SSi. The molecule has 0 aromatic heterocycles. The van der Waals surface area contributed by atoms with Crippen LogP contribution in [0, 0.1) is 11.6 Å². The molecule has 0 aliphatic heterocycles. The first kappa shape index (κ1) is 37.1.